The lowest BCUT2D eigenvalue weighted by Gasteiger charge is -2.24. The highest BCUT2D eigenvalue weighted by atomic mass is 33.1. The van der Waals surface area contributed by atoms with Gasteiger partial charge in [0.05, 0.1) is 12.9 Å². The highest BCUT2D eigenvalue weighted by molar-refractivity contribution is 8.77. The average Bonchev–Trinajstić information content (AvgIpc) is 3.72. The zero-order valence-corrected chi connectivity index (χ0v) is 34.2. The van der Waals surface area contributed by atoms with E-state index in [1.165, 1.54) is 28.0 Å². The van der Waals surface area contributed by atoms with Crippen molar-refractivity contribution in [2.24, 2.45) is 5.11 Å². The lowest BCUT2D eigenvalue weighted by Crippen LogP contribution is -2.48. The van der Waals surface area contributed by atoms with Crippen molar-refractivity contribution >= 4 is 68.3 Å². The van der Waals surface area contributed by atoms with Gasteiger partial charge in [-0.1, -0.05) is 71.7 Å². The number of nitrogens with one attached hydrogen (secondary N) is 3. The lowest BCUT2D eigenvalue weighted by molar-refractivity contribution is -0.156. The number of hydrogen-bond donors (Lipinski definition) is 5. The van der Waals surface area contributed by atoms with Crippen LogP contribution in [0.1, 0.15) is 72.6 Å². The zero-order valence-electron chi connectivity index (χ0n) is 32.5. The molecule has 3 aromatic rings. The fourth-order valence-corrected chi connectivity index (χ4v) is 7.69. The van der Waals surface area contributed by atoms with Gasteiger partial charge in [-0.2, -0.15) is 0 Å². The van der Waals surface area contributed by atoms with E-state index in [-0.39, 0.29) is 42.5 Å². The molecule has 22 heteroatoms. The summed E-state index contributed by atoms with van der Waals surface area (Å²) >= 11 is 0. The molecule has 0 aliphatic carbocycles. The summed E-state index contributed by atoms with van der Waals surface area (Å²) in [5.41, 5.74) is 15.3. The van der Waals surface area contributed by atoms with Gasteiger partial charge in [-0.05, 0) is 51.1 Å². The first kappa shape index (κ1) is 44.7. The molecule has 0 saturated carbocycles. The molecule has 57 heavy (non-hydrogen) atoms. The van der Waals surface area contributed by atoms with E-state index >= 15 is 0 Å². The number of benzene rings is 1. The minimum atomic E-state index is -1.31. The number of amides is 3. The Kier molecular flexibility index (Phi) is 16.0. The van der Waals surface area contributed by atoms with E-state index in [0.29, 0.717) is 35.3 Å². The van der Waals surface area contributed by atoms with Gasteiger partial charge in [0.15, 0.2) is 23.8 Å². The van der Waals surface area contributed by atoms with Gasteiger partial charge in [0.1, 0.15) is 42.2 Å². The van der Waals surface area contributed by atoms with Crippen LogP contribution in [-0.2, 0) is 35.1 Å². The van der Waals surface area contributed by atoms with Crippen LogP contribution in [0.4, 0.5) is 21.1 Å². The molecule has 1 saturated heterocycles. The summed E-state index contributed by atoms with van der Waals surface area (Å²) in [5, 5.41) is 22.6. The third-order valence-corrected chi connectivity index (χ3v) is 11.2. The summed E-state index contributed by atoms with van der Waals surface area (Å²) < 4.78 is 23.5. The van der Waals surface area contributed by atoms with Crippen LogP contribution in [0.5, 0.6) is 0 Å². The maximum Gasteiger partial charge on any atom is 0.408 e. The van der Waals surface area contributed by atoms with Crippen LogP contribution < -0.4 is 21.7 Å². The molecule has 3 heterocycles. The topological polar surface area (TPSA) is 280 Å². The second-order valence-electron chi connectivity index (χ2n) is 14.9. The van der Waals surface area contributed by atoms with Crippen LogP contribution >= 0.6 is 21.6 Å². The van der Waals surface area contributed by atoms with Crippen molar-refractivity contribution in [1.82, 2.24) is 35.5 Å². The number of carbonyl (C=O) groups is 4. The first-order valence-electron chi connectivity index (χ1n) is 18.0. The first-order chi connectivity index (χ1) is 26.9. The predicted octanol–water partition coefficient (Wildman–Crippen LogP) is 4.81. The Morgan fingerprint density at radius 1 is 1.07 bits per heavy atom. The van der Waals surface area contributed by atoms with Gasteiger partial charge >= 0.3 is 18.2 Å². The van der Waals surface area contributed by atoms with E-state index in [2.05, 4.69) is 40.9 Å². The van der Waals surface area contributed by atoms with Crippen molar-refractivity contribution in [3.05, 3.63) is 52.9 Å². The van der Waals surface area contributed by atoms with Crippen molar-refractivity contribution in [3.8, 4) is 0 Å². The quantitative estimate of drug-likeness (QED) is 0.0232. The molecule has 4 unspecified atom stereocenters. The number of rotatable bonds is 17. The molecule has 1 aliphatic rings. The first-order valence-corrected chi connectivity index (χ1v) is 20.3. The van der Waals surface area contributed by atoms with Crippen molar-refractivity contribution < 1.29 is 43.2 Å². The molecule has 2 aromatic heterocycles. The van der Waals surface area contributed by atoms with Gasteiger partial charge in [-0.3, -0.25) is 9.36 Å². The number of aliphatic hydroxyl groups is 1. The molecule has 3 amide bonds. The van der Waals surface area contributed by atoms with Crippen LogP contribution in [0.15, 0.2) is 42.0 Å². The number of esters is 1. The molecule has 4 rings (SSSR count). The van der Waals surface area contributed by atoms with E-state index in [4.69, 9.17) is 30.2 Å². The number of hydrogen-bond acceptors (Lipinski definition) is 16. The van der Waals surface area contributed by atoms with Gasteiger partial charge in [0.2, 0.25) is 5.91 Å². The maximum atomic E-state index is 13.5. The summed E-state index contributed by atoms with van der Waals surface area (Å²) in [5.74, 6) is -0.836. The third kappa shape index (κ3) is 14.1. The van der Waals surface area contributed by atoms with Crippen LogP contribution in [0.2, 0.25) is 0 Å². The molecule has 0 bridgehead atoms. The molecule has 1 aliphatic heterocycles. The fourth-order valence-electron chi connectivity index (χ4n) is 5.22. The number of fused-ring (bicyclic) bond motifs is 1. The number of alkyl carbamates (subject to hydrolysis) is 2. The van der Waals surface area contributed by atoms with Gasteiger partial charge < -0.3 is 45.7 Å². The van der Waals surface area contributed by atoms with Crippen molar-refractivity contribution in [2.45, 2.75) is 108 Å². The lowest BCUT2D eigenvalue weighted by atomic mass is 10.1. The van der Waals surface area contributed by atoms with Crippen LogP contribution in [0.25, 0.3) is 21.6 Å². The number of carbonyl (C=O) groups excluding carboxylic acids is 4. The number of aromatic nitrogens is 4. The molecule has 1 fully saturated rings. The van der Waals surface area contributed by atoms with Crippen LogP contribution in [-0.4, -0.2) is 102 Å². The highest BCUT2D eigenvalue weighted by Crippen LogP contribution is 2.35. The number of anilines is 1. The number of nitrogens with zero attached hydrogens (tertiary/aromatic N) is 7. The van der Waals surface area contributed by atoms with Crippen molar-refractivity contribution in [1.29, 1.82) is 0 Å². The Hall–Kier alpha value is -5.02. The molecular formula is C35H49N11O9S2. The van der Waals surface area contributed by atoms with E-state index in [1.54, 1.807) is 55.8 Å². The number of nitrogen functional groups attached to an aromatic ring is 1. The molecule has 20 nitrogen and oxygen atoms in total. The van der Waals surface area contributed by atoms with E-state index in [9.17, 15) is 24.3 Å². The largest absolute Gasteiger partial charge is 0.455 e. The van der Waals surface area contributed by atoms with Gasteiger partial charge in [-0.25, -0.2) is 29.3 Å². The Labute approximate surface area is 337 Å². The summed E-state index contributed by atoms with van der Waals surface area (Å²) in [6, 6.07) is 4.42. The van der Waals surface area contributed by atoms with Crippen LogP contribution in [0, 0.1) is 0 Å². The summed E-state index contributed by atoms with van der Waals surface area (Å²) in [7, 11) is 3.00. The average molecular weight is 832 g/mol. The smallest absolute Gasteiger partial charge is 0.408 e. The van der Waals surface area contributed by atoms with Gasteiger partial charge in [0, 0.05) is 27.6 Å². The molecular weight excluding hydrogens is 783 g/mol. The Morgan fingerprint density at radius 3 is 2.47 bits per heavy atom. The fraction of sp³-hybridized carbons (Fsp3) is 0.571. The second kappa shape index (κ2) is 20.4. The number of ether oxygens (including phenoxy) is 4. The number of imidazole rings is 1. The summed E-state index contributed by atoms with van der Waals surface area (Å²) in [4.78, 5) is 67.2. The van der Waals surface area contributed by atoms with Gasteiger partial charge in [-0.15, -0.1) is 0 Å². The SMILES string of the molecule is CC(C)(C)OC(=O)NC(CCCCNC(=O)[C@H](CSSC(C)(C)C)NC(=O)OCc1ccc(N=[N+]=[N-])cc1)C(=O)OC1COC(n2cnc3c(N)ncnc32)C1O. The highest BCUT2D eigenvalue weighted by Gasteiger charge is 2.42. The predicted molar refractivity (Wildman–Crippen MR) is 213 cm³/mol. The van der Waals surface area contributed by atoms with Crippen molar-refractivity contribution in [3.63, 3.8) is 0 Å². The second-order valence-corrected chi connectivity index (χ2v) is 18.0. The number of nitrogens with two attached hydrogens (primary N) is 1. The molecule has 310 valence electrons. The molecule has 0 spiro atoms. The normalized spacial score (nSPS) is 17.8. The number of aliphatic hydroxyl groups excluding tert-OH is 1. The Morgan fingerprint density at radius 2 is 1.79 bits per heavy atom. The minimum absolute atomic E-state index is 0.0679. The van der Waals surface area contributed by atoms with Crippen molar-refractivity contribution in [2.75, 3.05) is 24.6 Å². The van der Waals surface area contributed by atoms with E-state index < -0.39 is 60.2 Å². The van der Waals surface area contributed by atoms with Crippen LogP contribution in [0.3, 0.4) is 0 Å². The zero-order chi connectivity index (χ0) is 41.8. The number of azide groups is 1. The maximum absolute atomic E-state index is 13.5. The van der Waals surface area contributed by atoms with Gasteiger partial charge in [0.25, 0.3) is 0 Å². The standard InChI is InChI=1S/C35H49N11O9S2/c1-34(2,3)55-33(51)42-22(31(49)54-24-16-52-30(26(24)47)46-19-41-25-27(36)39-18-40-28(25)46)9-7-8-14-38-29(48)23(17-56-57-35(4,5)6)43-32(50)53-15-20-10-12-21(13-11-20)44-45-37/h10-13,18-19,22-24,26,30,47H,7-9,14-17H2,1-6H3,(H,38,48)(H,42,51)(H,43,50)(H2,36,39,40)/t22?,23-,24?,26?,30?/m0/s1. The van der Waals surface area contributed by atoms with E-state index in [1.807, 2.05) is 20.8 Å². The third-order valence-electron chi connectivity index (χ3n) is 7.85. The summed E-state index contributed by atoms with van der Waals surface area (Å²) in [6.45, 7) is 11.1. The monoisotopic (exact) mass is 831 g/mol. The molecule has 0 radical (unpaired) electrons. The van der Waals surface area contributed by atoms with E-state index in [0.717, 1.165) is 0 Å². The molecule has 5 atom stereocenters. The number of unbranched alkanes of at least 4 members (excludes halogenated alkanes) is 1. The molecule has 6 N–H and O–H groups in total. The summed E-state index contributed by atoms with van der Waals surface area (Å²) in [6.07, 6.45) is -1.49. The minimum Gasteiger partial charge on any atom is -0.455 e. The Bertz CT molecular complexity index is 1900. The molecule has 1 aromatic carbocycles. The Balaban J connectivity index is 1.31.